The molecule has 0 amide bonds. The van der Waals surface area contributed by atoms with Crippen molar-refractivity contribution in [1.29, 1.82) is 5.26 Å². The zero-order chi connectivity index (χ0) is 58.4. The molecule has 0 saturated heterocycles. The van der Waals surface area contributed by atoms with E-state index < -0.39 is 33.1 Å². The second-order valence-electron chi connectivity index (χ2n) is 15.9. The molecule has 71 heavy (non-hydrogen) atoms. The highest BCUT2D eigenvalue weighted by Gasteiger charge is 2.17. The van der Waals surface area contributed by atoms with Gasteiger partial charge in [-0.2, -0.15) is 15.5 Å². The van der Waals surface area contributed by atoms with Crippen molar-refractivity contribution in [3.63, 3.8) is 0 Å². The molecule has 0 aliphatic carbocycles. The Morgan fingerprint density at radius 2 is 1.15 bits per heavy atom. The van der Waals surface area contributed by atoms with E-state index in [1.54, 1.807) is 99.7 Å². The molecule has 0 saturated carbocycles. The molecule has 0 aliphatic heterocycles. The number of methoxy groups -OCH3 is 4. The number of aryl methyl sites for hydroxylation is 2. The summed E-state index contributed by atoms with van der Waals surface area (Å²) in [4.78, 5) is 25.8. The van der Waals surface area contributed by atoms with Crippen LogP contribution in [0.3, 0.4) is 0 Å². The Balaban J connectivity index is 0.000000214. The summed E-state index contributed by atoms with van der Waals surface area (Å²) >= 11 is 0. The van der Waals surface area contributed by atoms with Crippen molar-refractivity contribution < 1.29 is 32.7 Å². The molecule has 0 radical (unpaired) electrons. The number of benzene rings is 4. The molecule has 5 heterocycles. The van der Waals surface area contributed by atoms with Gasteiger partial charge in [0.05, 0.1) is 104 Å². The maximum Gasteiger partial charge on any atom is 0.141 e. The first kappa shape index (κ1) is 36.9. The summed E-state index contributed by atoms with van der Waals surface area (Å²) in [7, 11) is 0.973. The number of hydrogen-bond donors (Lipinski definition) is 1. The minimum Gasteiger partial charge on any atom is -0.497 e. The number of ether oxygens (including phenoxy) is 4. The van der Waals surface area contributed by atoms with E-state index in [9.17, 15) is 0 Å². The lowest BCUT2D eigenvalue weighted by molar-refractivity contribution is 0.394. The van der Waals surface area contributed by atoms with Gasteiger partial charge in [-0.1, -0.05) is 25.8 Å². The van der Waals surface area contributed by atoms with Gasteiger partial charge in [-0.25, -0.2) is 15.0 Å². The SMILES string of the molecule is COc1cc(OC)cc(N(CC#Cc2cccc(C#N)n2)c2ccc3ncc(-c4cnn(C)c4)nc3c2)c1.[2H]C([2H])([2H])Oc1cc(OC([2H])([2H])[2H])cc(N(c2ccc3ncc(-c4cnn(C)c4)nc3c2)C([2H])([2H])C([2H])([2H])NC(C)C)c1. The van der Waals surface area contributed by atoms with E-state index >= 15 is 0 Å². The van der Waals surface area contributed by atoms with Gasteiger partial charge in [0.2, 0.25) is 0 Å². The van der Waals surface area contributed by atoms with Crippen molar-refractivity contribution in [3.05, 3.63) is 140 Å². The highest BCUT2D eigenvalue weighted by molar-refractivity contribution is 5.84. The number of rotatable bonds is 15. The first-order valence-corrected chi connectivity index (χ1v) is 21.8. The van der Waals surface area contributed by atoms with Crippen LogP contribution in [0.4, 0.5) is 22.7 Å². The zero-order valence-electron chi connectivity index (χ0n) is 49.4. The maximum atomic E-state index is 9.14. The van der Waals surface area contributed by atoms with E-state index in [1.807, 2.05) is 60.6 Å². The molecule has 0 atom stereocenters. The molecule has 5 aromatic heterocycles. The van der Waals surface area contributed by atoms with E-state index in [0.29, 0.717) is 51.7 Å². The molecule has 17 heteroatoms. The number of pyridine rings is 1. The molecule has 4 aromatic carbocycles. The second kappa shape index (κ2) is 22.4. The fourth-order valence-corrected chi connectivity index (χ4v) is 7.06. The average molecular weight is 958 g/mol. The minimum absolute atomic E-state index is 0.0930. The van der Waals surface area contributed by atoms with Gasteiger partial charge in [0.25, 0.3) is 0 Å². The van der Waals surface area contributed by atoms with Crippen LogP contribution in [-0.2, 0) is 14.1 Å². The van der Waals surface area contributed by atoms with Crippen molar-refractivity contribution in [2.24, 2.45) is 14.1 Å². The third-order valence-electron chi connectivity index (χ3n) is 10.5. The molecule has 0 fully saturated rings. The fraction of sp³-hybridized carbons (Fsp3) is 0.222. The third kappa shape index (κ3) is 12.0. The van der Waals surface area contributed by atoms with Gasteiger partial charge in [-0.3, -0.25) is 19.3 Å². The Kier molecular flexibility index (Phi) is 11.6. The van der Waals surface area contributed by atoms with Crippen molar-refractivity contribution in [2.75, 3.05) is 57.6 Å². The summed E-state index contributed by atoms with van der Waals surface area (Å²) in [5.41, 5.74) is 7.58. The molecule has 0 spiro atoms. The molecule has 0 bridgehead atoms. The fourth-order valence-electron chi connectivity index (χ4n) is 7.06. The predicted octanol–water partition coefficient (Wildman–Crippen LogP) is 8.69. The lowest BCUT2D eigenvalue weighted by Gasteiger charge is -2.27. The van der Waals surface area contributed by atoms with Gasteiger partial charge in [0.15, 0.2) is 0 Å². The highest BCUT2D eigenvalue weighted by Crippen LogP contribution is 2.36. The van der Waals surface area contributed by atoms with Gasteiger partial charge >= 0.3 is 0 Å². The van der Waals surface area contributed by atoms with Gasteiger partial charge < -0.3 is 34.1 Å². The number of aromatic nitrogens is 9. The summed E-state index contributed by atoms with van der Waals surface area (Å²) in [5.74, 6) is 6.85. The molecule has 358 valence electrons. The molecule has 9 rings (SSSR count). The number of nitrogens with zero attached hydrogens (tertiary/aromatic N) is 12. The van der Waals surface area contributed by atoms with Gasteiger partial charge in [0.1, 0.15) is 40.5 Å². The molecule has 1 N–H and O–H groups in total. The third-order valence-corrected chi connectivity index (χ3v) is 10.5. The molecule has 0 unspecified atom stereocenters. The minimum atomic E-state index is -2.94. The lowest BCUT2D eigenvalue weighted by atomic mass is 10.2. The van der Waals surface area contributed by atoms with E-state index in [0.717, 1.165) is 56.8 Å². The summed E-state index contributed by atoms with van der Waals surface area (Å²) in [6.07, 6.45) is 10.3. The normalized spacial score (nSPS) is 13.6. The van der Waals surface area contributed by atoms with Gasteiger partial charge in [-0.15, -0.1) is 0 Å². The van der Waals surface area contributed by atoms with E-state index in [4.69, 9.17) is 42.9 Å². The van der Waals surface area contributed by atoms with Crippen LogP contribution >= 0.6 is 0 Å². The van der Waals surface area contributed by atoms with Crippen LogP contribution in [0.2, 0.25) is 0 Å². The number of hydrogen-bond acceptors (Lipinski definition) is 15. The largest absolute Gasteiger partial charge is 0.497 e. The molecule has 9 aromatic rings. The van der Waals surface area contributed by atoms with Crippen LogP contribution in [0.1, 0.15) is 38.9 Å². The standard InChI is InChI=1S/C29H23N7O2.C25H30N6O2/c1-35-19-20(17-32-35)29-18-31-27-10-9-23(14-28(27)34-29)36(24-12-25(37-2)15-26(13-24)38-3)11-5-8-21-6-4-7-22(16-30)33-21;1-17(2)26-8-9-31(20-10-21(32-4)13-22(11-20)33-5)19-6-7-23-24(12-19)29-25(15-27-23)18-14-28-30(3)16-18/h4,6-7,9-10,12-15,17-19H,11H2,1-3H3;6-7,10-17,26H,8-9H2,1-5H3/i;4D3,5D3,8D2,9D2. The Bertz CT molecular complexity index is 3780. The Labute approximate surface area is 426 Å². The molecular weight excluding hydrogens is 895 g/mol. The van der Waals surface area contributed by atoms with Crippen LogP contribution in [0.25, 0.3) is 44.6 Å². The number of nitriles is 1. The predicted molar refractivity (Wildman–Crippen MR) is 276 cm³/mol. The Morgan fingerprint density at radius 3 is 1.65 bits per heavy atom. The van der Waals surface area contributed by atoms with E-state index in [1.165, 1.54) is 12.1 Å². The van der Waals surface area contributed by atoms with Crippen LogP contribution in [0.15, 0.2) is 128 Å². The number of fused-ring (bicyclic) bond motifs is 2. The van der Waals surface area contributed by atoms with E-state index in [-0.39, 0.29) is 22.9 Å². The number of anilines is 4. The van der Waals surface area contributed by atoms with E-state index in [2.05, 4.69) is 47.3 Å². The summed E-state index contributed by atoms with van der Waals surface area (Å²) in [6, 6.07) is 26.2. The van der Waals surface area contributed by atoms with Gasteiger partial charge in [0, 0.05) is 119 Å². The van der Waals surface area contributed by atoms with Crippen molar-refractivity contribution in [1.82, 2.24) is 49.8 Å². The molecule has 0 aliphatic rings. The van der Waals surface area contributed by atoms with Gasteiger partial charge in [-0.05, 0) is 54.5 Å². The van der Waals surface area contributed by atoms with Crippen molar-refractivity contribution >= 4 is 44.8 Å². The van der Waals surface area contributed by atoms with Crippen molar-refractivity contribution in [2.45, 2.75) is 19.9 Å². The number of nitrogens with one attached hydrogen (secondary N) is 1. The van der Waals surface area contributed by atoms with Crippen LogP contribution in [0.5, 0.6) is 23.0 Å². The topological polar surface area (TPSA) is 179 Å². The summed E-state index contributed by atoms with van der Waals surface area (Å²) in [5, 5.41) is 20.1. The quantitative estimate of drug-likeness (QED) is 0.0964. The first-order chi connectivity index (χ1) is 38.3. The maximum absolute atomic E-state index is 9.14. The Hall–Kier alpha value is -9.06. The van der Waals surface area contributed by atoms with Crippen molar-refractivity contribution in [3.8, 4) is 63.4 Å². The Morgan fingerprint density at radius 1 is 0.634 bits per heavy atom. The van der Waals surface area contributed by atoms with Crippen LogP contribution in [-0.4, -0.2) is 98.4 Å². The lowest BCUT2D eigenvalue weighted by Crippen LogP contribution is -2.32. The smallest absolute Gasteiger partial charge is 0.141 e. The molecular formula is C54H53N13O4. The van der Waals surface area contributed by atoms with Crippen LogP contribution < -0.4 is 34.1 Å². The molecule has 17 nitrogen and oxygen atoms in total. The average Bonchev–Trinajstić information content (AvgIpc) is 3.99. The second-order valence-corrected chi connectivity index (χ2v) is 15.9. The zero-order valence-corrected chi connectivity index (χ0v) is 39.4. The summed E-state index contributed by atoms with van der Waals surface area (Å²) < 4.78 is 105. The monoisotopic (exact) mass is 957 g/mol. The summed E-state index contributed by atoms with van der Waals surface area (Å²) in [6.45, 7) is -1.95. The van der Waals surface area contributed by atoms with Crippen LogP contribution in [0, 0.1) is 23.2 Å². The first-order valence-electron chi connectivity index (χ1n) is 26.8. The highest BCUT2D eigenvalue weighted by atomic mass is 16.5.